The molecule has 146 valence electrons. The molecule has 2 heterocycles. The Bertz CT molecular complexity index is 1060. The van der Waals surface area contributed by atoms with Crippen LogP contribution in [0.5, 0.6) is 0 Å². The van der Waals surface area contributed by atoms with E-state index in [0.717, 1.165) is 36.5 Å². The third-order valence-electron chi connectivity index (χ3n) is 4.75. The topological polar surface area (TPSA) is 25.9 Å². The van der Waals surface area contributed by atoms with Gasteiger partial charge in [0.25, 0.3) is 5.82 Å². The van der Waals surface area contributed by atoms with E-state index >= 15 is 0 Å². The Morgan fingerprint density at radius 1 is 1.00 bits per heavy atom. The molecule has 0 N–H and O–H groups in total. The number of fused-ring (bicyclic) bond motifs is 1. The molecule has 1 aliphatic rings. The smallest absolute Gasteiger partial charge is 0.257 e. The number of aromatic nitrogens is 2. The first-order chi connectivity index (χ1) is 12.9. The molecule has 0 spiro atoms. The number of hydrogen-bond acceptors (Lipinski definition) is 1. The maximum atomic E-state index is 12.8. The van der Waals surface area contributed by atoms with Crippen LogP contribution in [0.25, 0.3) is 11.3 Å². The Labute approximate surface area is 193 Å². The molecule has 0 unspecified atom stereocenters. The first-order valence-corrected chi connectivity index (χ1v) is 10.0. The summed E-state index contributed by atoms with van der Waals surface area (Å²) in [6, 6.07) is 10.4. The second kappa shape index (κ2) is 8.76. The first-order valence-electron chi connectivity index (χ1n) is 8.49. The van der Waals surface area contributed by atoms with E-state index in [9.17, 15) is 4.79 Å². The van der Waals surface area contributed by atoms with E-state index in [-0.39, 0.29) is 29.3 Å². The van der Waals surface area contributed by atoms with Crippen LogP contribution in [0.2, 0.25) is 20.1 Å². The lowest BCUT2D eigenvalue weighted by atomic mass is 10.1. The summed E-state index contributed by atoms with van der Waals surface area (Å²) in [5.74, 6) is 1.05. The van der Waals surface area contributed by atoms with Gasteiger partial charge >= 0.3 is 0 Å². The number of carbonyl (C=O) groups is 1. The van der Waals surface area contributed by atoms with Crippen LogP contribution in [0.4, 0.5) is 0 Å². The summed E-state index contributed by atoms with van der Waals surface area (Å²) in [4.78, 5) is 12.8. The van der Waals surface area contributed by atoms with E-state index < -0.39 is 0 Å². The summed E-state index contributed by atoms with van der Waals surface area (Å²) in [7, 11) is 0. The van der Waals surface area contributed by atoms with Crippen LogP contribution in [0.1, 0.15) is 22.6 Å². The minimum atomic E-state index is -0.0595. The summed E-state index contributed by atoms with van der Waals surface area (Å²) in [6.07, 6.45) is 3.92. The summed E-state index contributed by atoms with van der Waals surface area (Å²) < 4.78 is 4.20. The molecule has 4 rings (SSSR count). The molecular formula is C20H15BrCl4N2O. The number of carbonyl (C=O) groups excluding carboxylic acids is 1. The van der Waals surface area contributed by atoms with Crippen molar-refractivity contribution in [2.24, 2.45) is 0 Å². The average Bonchev–Trinajstić information content (AvgIpc) is 3.19. The van der Waals surface area contributed by atoms with Gasteiger partial charge in [-0.2, -0.15) is 0 Å². The van der Waals surface area contributed by atoms with Gasteiger partial charge in [0.2, 0.25) is 5.78 Å². The van der Waals surface area contributed by atoms with E-state index in [4.69, 9.17) is 46.4 Å². The van der Waals surface area contributed by atoms with Gasteiger partial charge in [-0.3, -0.25) is 4.79 Å². The lowest BCUT2D eigenvalue weighted by Gasteiger charge is -2.03. The highest BCUT2D eigenvalue weighted by molar-refractivity contribution is 6.37. The van der Waals surface area contributed by atoms with E-state index in [0.29, 0.717) is 25.7 Å². The van der Waals surface area contributed by atoms with Gasteiger partial charge in [0.05, 0.1) is 23.0 Å². The van der Waals surface area contributed by atoms with Crippen molar-refractivity contribution in [1.82, 2.24) is 4.57 Å². The van der Waals surface area contributed by atoms with Gasteiger partial charge in [0.15, 0.2) is 12.2 Å². The van der Waals surface area contributed by atoms with Gasteiger partial charge in [-0.1, -0.05) is 46.4 Å². The molecule has 0 fully saturated rings. The Kier molecular flexibility index (Phi) is 6.78. The van der Waals surface area contributed by atoms with Crippen molar-refractivity contribution in [1.29, 1.82) is 0 Å². The number of nitrogens with zero attached hydrogens (tertiary/aromatic N) is 2. The number of Topliss-reactive ketones (excluding diaryl/α,β-unsaturated/α-hetero) is 1. The van der Waals surface area contributed by atoms with Crippen LogP contribution in [0, 0.1) is 0 Å². The third-order valence-corrected chi connectivity index (χ3v) is 5.84. The van der Waals surface area contributed by atoms with Crippen molar-refractivity contribution in [3.63, 3.8) is 0 Å². The molecule has 0 bridgehead atoms. The molecule has 3 aromatic rings. The molecule has 8 heteroatoms. The molecule has 0 saturated heterocycles. The molecule has 1 aromatic heterocycles. The molecule has 28 heavy (non-hydrogen) atoms. The zero-order valence-corrected chi connectivity index (χ0v) is 19.2. The zero-order valence-electron chi connectivity index (χ0n) is 14.6. The fourth-order valence-corrected chi connectivity index (χ4v) is 4.53. The van der Waals surface area contributed by atoms with Gasteiger partial charge in [-0.25, -0.2) is 9.13 Å². The van der Waals surface area contributed by atoms with Crippen LogP contribution in [0.3, 0.4) is 0 Å². The predicted octanol–water partition coefficient (Wildman–Crippen LogP) is 2.89. The molecule has 2 aromatic carbocycles. The SMILES string of the molecule is O=C(C[n+]1cc(-c2ccc(Cl)cc2Cl)n2c1CCC2)c1ccc(Cl)cc1Cl.[Br-]. The van der Waals surface area contributed by atoms with Crippen LogP contribution in [-0.4, -0.2) is 10.4 Å². The van der Waals surface area contributed by atoms with E-state index in [2.05, 4.69) is 4.57 Å². The number of rotatable bonds is 4. The standard InChI is InChI=1S/C20H15Cl4N2O.BrH/c21-12-3-5-14(16(23)8-12)18-10-25(20-2-1-7-26(18)20)11-19(27)15-6-4-13(22)9-17(15)24;/h3-6,8-10H,1-2,7,11H2;1H/q+1;/p-1. The number of hydrogen-bond donors (Lipinski definition) is 0. The van der Waals surface area contributed by atoms with Crippen molar-refractivity contribution >= 4 is 52.2 Å². The van der Waals surface area contributed by atoms with Crippen molar-refractivity contribution in [2.45, 2.75) is 25.9 Å². The quantitative estimate of drug-likeness (QED) is 0.384. The molecule has 0 aliphatic carbocycles. The van der Waals surface area contributed by atoms with E-state index in [1.807, 2.05) is 22.9 Å². The monoisotopic (exact) mass is 518 g/mol. The summed E-state index contributed by atoms with van der Waals surface area (Å²) in [5.41, 5.74) is 2.36. The van der Waals surface area contributed by atoms with Gasteiger partial charge in [-0.05, 0) is 42.8 Å². The highest BCUT2D eigenvalue weighted by Crippen LogP contribution is 2.32. The van der Waals surface area contributed by atoms with Crippen molar-refractivity contribution in [3.8, 4) is 11.3 Å². The summed E-state index contributed by atoms with van der Waals surface area (Å²) in [6.45, 7) is 1.11. The normalized spacial score (nSPS) is 12.6. The van der Waals surface area contributed by atoms with Crippen molar-refractivity contribution < 1.29 is 26.3 Å². The van der Waals surface area contributed by atoms with E-state index in [1.54, 1.807) is 24.3 Å². The van der Waals surface area contributed by atoms with Gasteiger partial charge in [0.1, 0.15) is 6.20 Å². The summed E-state index contributed by atoms with van der Waals surface area (Å²) in [5, 5.41) is 2.06. The maximum absolute atomic E-state index is 12.8. The van der Waals surface area contributed by atoms with Crippen molar-refractivity contribution in [2.75, 3.05) is 0 Å². The average molecular weight is 521 g/mol. The number of benzene rings is 2. The second-order valence-electron chi connectivity index (χ2n) is 6.49. The number of halogens is 5. The van der Waals surface area contributed by atoms with Gasteiger partial charge < -0.3 is 17.0 Å². The van der Waals surface area contributed by atoms with Crippen LogP contribution in [-0.2, 0) is 19.5 Å². The van der Waals surface area contributed by atoms with Crippen LogP contribution < -0.4 is 21.5 Å². The van der Waals surface area contributed by atoms with Crippen molar-refractivity contribution in [3.05, 3.63) is 74.1 Å². The molecule has 0 amide bonds. The third kappa shape index (κ3) is 4.12. The van der Waals surface area contributed by atoms with Gasteiger partial charge in [-0.15, -0.1) is 0 Å². The Balaban J connectivity index is 0.00000225. The number of imidazole rings is 1. The fourth-order valence-electron chi connectivity index (χ4n) is 3.51. The number of ketones is 1. The predicted molar refractivity (Wildman–Crippen MR) is 109 cm³/mol. The lowest BCUT2D eigenvalue weighted by Crippen LogP contribution is -3.00. The Morgan fingerprint density at radius 3 is 2.36 bits per heavy atom. The Morgan fingerprint density at radius 2 is 1.68 bits per heavy atom. The Hall–Kier alpha value is -1.04. The van der Waals surface area contributed by atoms with Crippen LogP contribution in [0.15, 0.2) is 42.6 Å². The second-order valence-corrected chi connectivity index (χ2v) is 8.17. The zero-order chi connectivity index (χ0) is 19.1. The van der Waals surface area contributed by atoms with Gasteiger partial charge in [0, 0.05) is 21.2 Å². The molecule has 0 atom stereocenters. The molecule has 1 aliphatic heterocycles. The minimum absolute atomic E-state index is 0. The fraction of sp³-hybridized carbons (Fsp3) is 0.200. The largest absolute Gasteiger partial charge is 1.00 e. The molecule has 0 saturated carbocycles. The lowest BCUT2D eigenvalue weighted by molar-refractivity contribution is -0.689. The molecular weight excluding hydrogens is 506 g/mol. The van der Waals surface area contributed by atoms with Crippen LogP contribution >= 0.6 is 46.4 Å². The first kappa shape index (κ1) is 21.7. The maximum Gasteiger partial charge on any atom is 0.257 e. The highest BCUT2D eigenvalue weighted by Gasteiger charge is 2.30. The molecule has 0 radical (unpaired) electrons. The summed E-state index contributed by atoms with van der Waals surface area (Å²) >= 11 is 24.6. The highest BCUT2D eigenvalue weighted by atomic mass is 79.9. The van der Waals surface area contributed by atoms with E-state index in [1.165, 1.54) is 0 Å². The molecule has 3 nitrogen and oxygen atoms in total. The minimum Gasteiger partial charge on any atom is -1.00 e.